The number of alkyl carbamates (subject to hydrolysis) is 1. The summed E-state index contributed by atoms with van der Waals surface area (Å²) in [5.41, 5.74) is 5.42. The van der Waals surface area contributed by atoms with Crippen LogP contribution in [0.5, 0.6) is 0 Å². The number of carbonyl (C=O) groups excluding carboxylic acids is 2. The van der Waals surface area contributed by atoms with Crippen molar-refractivity contribution in [2.24, 2.45) is 0 Å². The number of benzene rings is 3. The molecule has 3 aromatic carbocycles. The van der Waals surface area contributed by atoms with Gasteiger partial charge in [-0.05, 0) is 41.8 Å². The zero-order chi connectivity index (χ0) is 28.5. The lowest BCUT2D eigenvalue weighted by atomic mass is 9.98. The van der Waals surface area contributed by atoms with Crippen LogP contribution >= 0.6 is 0 Å². The van der Waals surface area contributed by atoms with Crippen LogP contribution in [-0.4, -0.2) is 60.3 Å². The van der Waals surface area contributed by atoms with Gasteiger partial charge in [0.1, 0.15) is 18.7 Å². The van der Waals surface area contributed by atoms with Gasteiger partial charge >= 0.3 is 12.1 Å². The highest BCUT2D eigenvalue weighted by atomic mass is 16.5. The first-order valence-electron chi connectivity index (χ1n) is 13.1. The van der Waals surface area contributed by atoms with Gasteiger partial charge in [-0.25, -0.2) is 9.59 Å². The molecule has 1 aliphatic rings. The lowest BCUT2D eigenvalue weighted by molar-refractivity contribution is -0.142. The van der Waals surface area contributed by atoms with Crippen molar-refractivity contribution in [3.8, 4) is 23.0 Å². The van der Waals surface area contributed by atoms with Crippen LogP contribution in [0.15, 0.2) is 78.9 Å². The SMILES string of the molecule is CC#CCC(NC(=O)C(CN(C)Cc1ccccc1)NC(=O)OCC1c2ccccc2-c2ccccc21)C(=O)O. The number of nitrogens with one attached hydrogen (secondary N) is 2. The summed E-state index contributed by atoms with van der Waals surface area (Å²) in [5, 5.41) is 14.7. The van der Waals surface area contributed by atoms with Gasteiger partial charge in [-0.2, -0.15) is 0 Å². The predicted molar refractivity (Wildman–Crippen MR) is 152 cm³/mol. The van der Waals surface area contributed by atoms with E-state index in [1.54, 1.807) is 6.92 Å². The number of carboxylic acid groups (broad SMARTS) is 1. The van der Waals surface area contributed by atoms with Gasteiger partial charge in [0.25, 0.3) is 0 Å². The Bertz CT molecular complexity index is 1370. The third kappa shape index (κ3) is 7.07. The summed E-state index contributed by atoms with van der Waals surface area (Å²) in [6, 6.07) is 23.5. The van der Waals surface area contributed by atoms with Crippen LogP contribution in [0.2, 0.25) is 0 Å². The molecule has 2 unspecified atom stereocenters. The van der Waals surface area contributed by atoms with Crippen molar-refractivity contribution in [1.82, 2.24) is 15.5 Å². The number of carbonyl (C=O) groups is 3. The van der Waals surface area contributed by atoms with E-state index in [1.807, 2.05) is 78.7 Å². The Balaban J connectivity index is 1.45. The number of hydrogen-bond donors (Lipinski definition) is 3. The highest BCUT2D eigenvalue weighted by molar-refractivity contribution is 5.89. The van der Waals surface area contributed by atoms with Crippen molar-refractivity contribution in [2.45, 2.75) is 37.9 Å². The Hall–Kier alpha value is -4.61. The van der Waals surface area contributed by atoms with Crippen LogP contribution in [-0.2, 0) is 20.9 Å². The van der Waals surface area contributed by atoms with Crippen LogP contribution in [0.4, 0.5) is 4.79 Å². The molecule has 3 N–H and O–H groups in total. The largest absolute Gasteiger partial charge is 0.480 e. The second kappa shape index (κ2) is 13.5. The number of nitrogens with zero attached hydrogens (tertiary/aromatic N) is 1. The molecule has 2 amide bonds. The smallest absolute Gasteiger partial charge is 0.407 e. The molecule has 0 spiro atoms. The van der Waals surface area contributed by atoms with E-state index in [4.69, 9.17) is 4.74 Å². The number of rotatable bonds is 11. The van der Waals surface area contributed by atoms with E-state index in [1.165, 1.54) is 0 Å². The minimum atomic E-state index is -1.20. The van der Waals surface area contributed by atoms with E-state index in [0.717, 1.165) is 27.8 Å². The quantitative estimate of drug-likeness (QED) is 0.318. The average Bonchev–Trinajstić information content (AvgIpc) is 3.27. The summed E-state index contributed by atoms with van der Waals surface area (Å²) in [6.07, 6.45) is -0.801. The fourth-order valence-corrected chi connectivity index (χ4v) is 4.92. The van der Waals surface area contributed by atoms with Crippen LogP contribution < -0.4 is 10.6 Å². The molecule has 1 aliphatic carbocycles. The average molecular weight is 540 g/mol. The van der Waals surface area contributed by atoms with Crippen molar-refractivity contribution in [3.63, 3.8) is 0 Å². The van der Waals surface area contributed by atoms with E-state index >= 15 is 0 Å². The summed E-state index contributed by atoms with van der Waals surface area (Å²) in [4.78, 5) is 39.8. The number of hydrogen-bond acceptors (Lipinski definition) is 5. The van der Waals surface area contributed by atoms with Crippen LogP contribution in [0.1, 0.15) is 36.0 Å². The third-order valence-corrected chi connectivity index (χ3v) is 6.84. The van der Waals surface area contributed by atoms with E-state index < -0.39 is 30.1 Å². The van der Waals surface area contributed by atoms with Crippen molar-refractivity contribution < 1.29 is 24.2 Å². The summed E-state index contributed by atoms with van der Waals surface area (Å²) in [5.74, 6) is 3.37. The Morgan fingerprint density at radius 1 is 0.900 bits per heavy atom. The van der Waals surface area contributed by atoms with Gasteiger partial charge in [-0.3, -0.25) is 9.69 Å². The molecule has 206 valence electrons. The van der Waals surface area contributed by atoms with Crippen LogP contribution in [0.3, 0.4) is 0 Å². The molecule has 0 aromatic heterocycles. The summed E-state index contributed by atoms with van der Waals surface area (Å²) in [7, 11) is 1.82. The van der Waals surface area contributed by atoms with Crippen molar-refractivity contribution >= 4 is 18.0 Å². The first kappa shape index (κ1) is 28.4. The summed E-state index contributed by atoms with van der Waals surface area (Å²) < 4.78 is 5.65. The summed E-state index contributed by atoms with van der Waals surface area (Å²) in [6.45, 7) is 2.36. The zero-order valence-corrected chi connectivity index (χ0v) is 22.6. The Labute approximate surface area is 234 Å². The molecule has 0 fully saturated rings. The Kier molecular flexibility index (Phi) is 9.55. The number of fused-ring (bicyclic) bond motifs is 3. The van der Waals surface area contributed by atoms with E-state index in [0.29, 0.717) is 6.54 Å². The number of ether oxygens (including phenoxy) is 1. The van der Waals surface area contributed by atoms with E-state index in [9.17, 15) is 19.5 Å². The normalized spacial score (nSPS) is 13.3. The molecule has 2 atom stereocenters. The van der Waals surface area contributed by atoms with Gasteiger partial charge in [-0.1, -0.05) is 78.9 Å². The molecule has 8 heteroatoms. The maximum Gasteiger partial charge on any atom is 0.407 e. The first-order valence-corrected chi connectivity index (χ1v) is 13.1. The van der Waals surface area contributed by atoms with Crippen molar-refractivity contribution in [2.75, 3.05) is 20.2 Å². The van der Waals surface area contributed by atoms with Gasteiger partial charge in [-0.15, -0.1) is 11.8 Å². The topological polar surface area (TPSA) is 108 Å². The fourth-order valence-electron chi connectivity index (χ4n) is 4.92. The number of aliphatic carboxylic acids is 1. The molecule has 0 aliphatic heterocycles. The lowest BCUT2D eigenvalue weighted by Gasteiger charge is -2.25. The molecular formula is C32H33N3O5. The molecule has 0 radical (unpaired) electrons. The molecule has 0 saturated carbocycles. The van der Waals surface area contributed by atoms with Gasteiger partial charge < -0.3 is 20.5 Å². The molecule has 40 heavy (non-hydrogen) atoms. The minimum Gasteiger partial charge on any atom is -0.480 e. The number of carboxylic acids is 1. The standard InChI is InChI=1S/C32H33N3O5/c1-3-4-18-28(31(37)38)33-30(36)29(20-35(2)19-22-12-6-5-7-13-22)34-32(39)40-21-27-25-16-10-8-14-23(25)24-15-9-11-17-26(24)27/h5-17,27-29H,18-21H2,1-2H3,(H,33,36)(H,34,39)(H,37,38). The van der Waals surface area contributed by atoms with Gasteiger partial charge in [0.15, 0.2) is 0 Å². The molecule has 0 heterocycles. The molecular weight excluding hydrogens is 506 g/mol. The molecule has 4 rings (SSSR count). The molecule has 0 saturated heterocycles. The second-order valence-corrected chi connectivity index (χ2v) is 9.74. The van der Waals surface area contributed by atoms with E-state index in [-0.39, 0.29) is 25.5 Å². The second-order valence-electron chi connectivity index (χ2n) is 9.74. The van der Waals surface area contributed by atoms with Crippen LogP contribution in [0, 0.1) is 11.8 Å². The van der Waals surface area contributed by atoms with Gasteiger partial charge in [0.05, 0.1) is 0 Å². The Morgan fingerprint density at radius 2 is 1.50 bits per heavy atom. The van der Waals surface area contributed by atoms with Gasteiger partial charge in [0, 0.05) is 25.4 Å². The monoisotopic (exact) mass is 539 g/mol. The summed E-state index contributed by atoms with van der Waals surface area (Å²) >= 11 is 0. The predicted octanol–water partition coefficient (Wildman–Crippen LogP) is 4.01. The maximum atomic E-state index is 13.2. The molecule has 8 nitrogen and oxygen atoms in total. The highest BCUT2D eigenvalue weighted by Crippen LogP contribution is 2.44. The fraction of sp³-hybridized carbons (Fsp3) is 0.281. The van der Waals surface area contributed by atoms with E-state index in [2.05, 4.69) is 34.6 Å². The Morgan fingerprint density at radius 3 is 2.10 bits per heavy atom. The third-order valence-electron chi connectivity index (χ3n) is 6.84. The molecule has 3 aromatic rings. The zero-order valence-electron chi connectivity index (χ0n) is 22.6. The maximum absolute atomic E-state index is 13.2. The van der Waals surface area contributed by atoms with Crippen molar-refractivity contribution in [3.05, 3.63) is 95.6 Å². The highest BCUT2D eigenvalue weighted by Gasteiger charge is 2.31. The van der Waals surface area contributed by atoms with Gasteiger partial charge in [0.2, 0.25) is 5.91 Å². The molecule has 0 bridgehead atoms. The first-order chi connectivity index (χ1) is 19.4. The lowest BCUT2D eigenvalue weighted by Crippen LogP contribution is -2.55. The number of amides is 2. The number of likely N-dealkylation sites (N-methyl/N-ethyl adjacent to an activating group) is 1. The minimum absolute atomic E-state index is 0.0465. The van der Waals surface area contributed by atoms with Crippen LogP contribution in [0.25, 0.3) is 11.1 Å². The van der Waals surface area contributed by atoms with Crippen molar-refractivity contribution in [1.29, 1.82) is 0 Å².